The molecule has 0 bridgehead atoms. The number of hydrogen-bond donors (Lipinski definition) is 1. The highest BCUT2D eigenvalue weighted by atomic mass is 32.2. The van der Waals surface area contributed by atoms with Crippen LogP contribution in [0.2, 0.25) is 0 Å². The van der Waals surface area contributed by atoms with Crippen molar-refractivity contribution in [1.29, 1.82) is 0 Å². The Bertz CT molecular complexity index is 412. The molecule has 0 atom stereocenters. The van der Waals surface area contributed by atoms with Crippen LogP contribution in [0.3, 0.4) is 0 Å². The molecule has 0 saturated heterocycles. The molecule has 1 aromatic carbocycles. The van der Waals surface area contributed by atoms with Crippen LogP contribution in [0.25, 0.3) is 0 Å². The van der Waals surface area contributed by atoms with Crippen LogP contribution in [0.1, 0.15) is 0 Å². The molecule has 0 aliphatic carbocycles. The summed E-state index contributed by atoms with van der Waals surface area (Å²) in [7, 11) is 4.78. The van der Waals surface area contributed by atoms with Gasteiger partial charge in [-0.3, -0.25) is 4.79 Å². The molecule has 0 saturated carbocycles. The lowest BCUT2D eigenvalue weighted by molar-refractivity contribution is -0.118. The van der Waals surface area contributed by atoms with Gasteiger partial charge in [0.15, 0.2) is 11.5 Å². The van der Waals surface area contributed by atoms with Gasteiger partial charge in [-0.1, -0.05) is 0 Å². The van der Waals surface area contributed by atoms with Crippen LogP contribution < -0.4 is 14.8 Å². The lowest BCUT2D eigenvalue weighted by Crippen LogP contribution is -2.28. The molecule has 19 heavy (non-hydrogen) atoms. The third kappa shape index (κ3) is 5.40. The molecule has 106 valence electrons. The van der Waals surface area contributed by atoms with E-state index in [1.54, 1.807) is 21.3 Å². The highest BCUT2D eigenvalue weighted by Crippen LogP contribution is 2.31. The maximum absolute atomic E-state index is 11.5. The Hall–Kier alpha value is -1.40. The van der Waals surface area contributed by atoms with Crippen molar-refractivity contribution in [2.24, 2.45) is 0 Å². The first-order valence-electron chi connectivity index (χ1n) is 5.81. The Morgan fingerprint density at radius 1 is 1.21 bits per heavy atom. The first-order valence-corrected chi connectivity index (χ1v) is 6.80. The smallest absolute Gasteiger partial charge is 0.230 e. The average molecular weight is 285 g/mol. The number of rotatable bonds is 8. The maximum atomic E-state index is 11.5. The van der Waals surface area contributed by atoms with Crippen molar-refractivity contribution in [3.8, 4) is 11.5 Å². The monoisotopic (exact) mass is 285 g/mol. The van der Waals surface area contributed by atoms with Gasteiger partial charge in [0, 0.05) is 18.6 Å². The van der Waals surface area contributed by atoms with Crippen molar-refractivity contribution in [2.75, 3.05) is 40.2 Å². The summed E-state index contributed by atoms with van der Waals surface area (Å²) in [6, 6.07) is 5.57. The molecule has 0 aliphatic rings. The molecule has 0 fully saturated rings. The summed E-state index contributed by atoms with van der Waals surface area (Å²) in [5.41, 5.74) is 0. The molecule has 0 aromatic heterocycles. The Balaban J connectivity index is 2.47. The Morgan fingerprint density at radius 2 is 1.95 bits per heavy atom. The number of amides is 1. The Kier molecular flexibility index (Phi) is 7.14. The van der Waals surface area contributed by atoms with Gasteiger partial charge in [0.2, 0.25) is 5.91 Å². The van der Waals surface area contributed by atoms with Crippen molar-refractivity contribution >= 4 is 17.7 Å². The van der Waals surface area contributed by atoms with E-state index in [0.29, 0.717) is 30.4 Å². The zero-order valence-corrected chi connectivity index (χ0v) is 12.2. The van der Waals surface area contributed by atoms with Gasteiger partial charge in [0.1, 0.15) is 0 Å². The molecule has 1 aromatic rings. The fourth-order valence-electron chi connectivity index (χ4n) is 1.40. The first-order chi connectivity index (χ1) is 9.21. The summed E-state index contributed by atoms with van der Waals surface area (Å²) >= 11 is 1.45. The number of hydrogen-bond acceptors (Lipinski definition) is 5. The largest absolute Gasteiger partial charge is 0.493 e. The van der Waals surface area contributed by atoms with Crippen LogP contribution in [0.15, 0.2) is 23.1 Å². The number of carbonyl (C=O) groups excluding carboxylic acids is 1. The molecule has 5 nitrogen and oxygen atoms in total. The minimum absolute atomic E-state index is 0.0168. The number of carbonyl (C=O) groups is 1. The van der Waals surface area contributed by atoms with Gasteiger partial charge in [-0.05, 0) is 18.2 Å². The number of benzene rings is 1. The van der Waals surface area contributed by atoms with Crippen LogP contribution in [0.5, 0.6) is 11.5 Å². The number of thioether (sulfide) groups is 1. The Labute approximate surface area is 117 Å². The van der Waals surface area contributed by atoms with Gasteiger partial charge >= 0.3 is 0 Å². The molecular formula is C13H19NO4S. The SMILES string of the molecule is COCCNC(=O)CSc1ccc(OC)c(OC)c1. The normalized spacial score (nSPS) is 10.1. The second kappa shape index (κ2) is 8.66. The van der Waals surface area contributed by atoms with Crippen molar-refractivity contribution in [3.05, 3.63) is 18.2 Å². The lowest BCUT2D eigenvalue weighted by atomic mass is 10.3. The zero-order chi connectivity index (χ0) is 14.1. The third-order valence-electron chi connectivity index (χ3n) is 2.35. The summed E-state index contributed by atoms with van der Waals surface area (Å²) < 4.78 is 15.2. The molecule has 0 unspecified atom stereocenters. The fraction of sp³-hybridized carbons (Fsp3) is 0.462. The first kappa shape index (κ1) is 15.7. The molecule has 0 spiro atoms. The highest BCUT2D eigenvalue weighted by Gasteiger charge is 2.07. The van der Waals surface area contributed by atoms with Crippen LogP contribution in [-0.4, -0.2) is 46.1 Å². The van der Waals surface area contributed by atoms with Crippen LogP contribution >= 0.6 is 11.8 Å². The number of nitrogens with one attached hydrogen (secondary N) is 1. The summed E-state index contributed by atoms with van der Waals surface area (Å²) in [6.07, 6.45) is 0. The molecule has 6 heteroatoms. The van der Waals surface area contributed by atoms with E-state index in [-0.39, 0.29) is 5.91 Å². The number of methoxy groups -OCH3 is 3. The molecule has 1 N–H and O–H groups in total. The van der Waals surface area contributed by atoms with Crippen LogP contribution in [0, 0.1) is 0 Å². The van der Waals surface area contributed by atoms with Crippen molar-refractivity contribution in [3.63, 3.8) is 0 Å². The van der Waals surface area contributed by atoms with Gasteiger partial charge in [0.25, 0.3) is 0 Å². The maximum Gasteiger partial charge on any atom is 0.230 e. The molecule has 1 amide bonds. The standard InChI is InChI=1S/C13H19NO4S/c1-16-7-6-14-13(15)9-19-10-4-5-11(17-2)12(8-10)18-3/h4-5,8H,6-7,9H2,1-3H3,(H,14,15). The van der Waals surface area contributed by atoms with Gasteiger partial charge < -0.3 is 19.5 Å². The molecule has 1 rings (SSSR count). The lowest BCUT2D eigenvalue weighted by Gasteiger charge is -2.09. The highest BCUT2D eigenvalue weighted by molar-refractivity contribution is 8.00. The van der Waals surface area contributed by atoms with E-state index in [1.807, 2.05) is 18.2 Å². The minimum Gasteiger partial charge on any atom is -0.493 e. The third-order valence-corrected chi connectivity index (χ3v) is 3.35. The molecular weight excluding hydrogens is 266 g/mol. The van der Waals surface area contributed by atoms with E-state index < -0.39 is 0 Å². The van der Waals surface area contributed by atoms with Crippen molar-refractivity contribution in [2.45, 2.75) is 4.90 Å². The van der Waals surface area contributed by atoms with Gasteiger partial charge in [0.05, 0.1) is 26.6 Å². The second-order valence-corrected chi connectivity index (χ2v) is 4.70. The van der Waals surface area contributed by atoms with E-state index >= 15 is 0 Å². The van der Waals surface area contributed by atoms with E-state index in [1.165, 1.54) is 11.8 Å². The number of ether oxygens (including phenoxy) is 3. The van der Waals surface area contributed by atoms with Crippen molar-refractivity contribution < 1.29 is 19.0 Å². The summed E-state index contributed by atoms with van der Waals surface area (Å²) in [5.74, 6) is 1.68. The van der Waals surface area contributed by atoms with Crippen molar-refractivity contribution in [1.82, 2.24) is 5.32 Å². The quantitative estimate of drug-likeness (QED) is 0.580. The second-order valence-electron chi connectivity index (χ2n) is 3.65. The van der Waals surface area contributed by atoms with Gasteiger partial charge in [-0.15, -0.1) is 11.8 Å². The minimum atomic E-state index is -0.0168. The predicted octanol–water partition coefficient (Wildman–Crippen LogP) is 1.56. The van der Waals surface area contributed by atoms with Gasteiger partial charge in [-0.2, -0.15) is 0 Å². The fourth-order valence-corrected chi connectivity index (χ4v) is 2.15. The Morgan fingerprint density at radius 3 is 2.58 bits per heavy atom. The van der Waals surface area contributed by atoms with E-state index in [2.05, 4.69) is 5.32 Å². The van der Waals surface area contributed by atoms with E-state index in [0.717, 1.165) is 4.90 Å². The van der Waals surface area contributed by atoms with E-state index in [9.17, 15) is 4.79 Å². The average Bonchev–Trinajstić information content (AvgIpc) is 2.45. The zero-order valence-electron chi connectivity index (χ0n) is 11.4. The topological polar surface area (TPSA) is 56.8 Å². The summed E-state index contributed by atoms with van der Waals surface area (Å²) in [4.78, 5) is 12.5. The summed E-state index contributed by atoms with van der Waals surface area (Å²) in [5, 5.41) is 2.76. The van der Waals surface area contributed by atoms with E-state index in [4.69, 9.17) is 14.2 Å². The predicted molar refractivity (Wildman–Crippen MR) is 75.2 cm³/mol. The van der Waals surface area contributed by atoms with Gasteiger partial charge in [-0.25, -0.2) is 0 Å². The molecule has 0 radical (unpaired) electrons. The summed E-state index contributed by atoms with van der Waals surface area (Å²) in [6.45, 7) is 1.05. The van der Waals surface area contributed by atoms with Crippen LogP contribution in [-0.2, 0) is 9.53 Å². The molecule has 0 heterocycles. The van der Waals surface area contributed by atoms with Crippen LogP contribution in [0.4, 0.5) is 0 Å². The molecule has 0 aliphatic heterocycles.